The number of aryl methyl sites for hydroxylation is 1. The molecule has 0 spiro atoms. The van der Waals surface area contributed by atoms with Crippen LogP contribution in [0.25, 0.3) is 11.1 Å². The van der Waals surface area contributed by atoms with Gasteiger partial charge in [-0.1, -0.05) is 35.9 Å². The average molecular weight is 441 g/mol. The summed E-state index contributed by atoms with van der Waals surface area (Å²) < 4.78 is 51.5. The van der Waals surface area contributed by atoms with Crippen LogP contribution in [0, 0.1) is 6.92 Å². The Morgan fingerprint density at radius 1 is 0.969 bits per heavy atom. The van der Waals surface area contributed by atoms with E-state index in [0.717, 1.165) is 23.3 Å². The number of hydrogen-bond donors (Lipinski definition) is 1. The maximum atomic E-state index is 13.6. The van der Waals surface area contributed by atoms with E-state index in [2.05, 4.69) is 5.32 Å². The fraction of sp³-hybridized carbons (Fsp3) is 0.240. The van der Waals surface area contributed by atoms with Gasteiger partial charge in [0.05, 0.1) is 11.0 Å². The molecule has 1 saturated carbocycles. The molecular formula is C25H22F3NO3. The Kier molecular flexibility index (Phi) is 4.65. The molecule has 4 nitrogen and oxygen atoms in total. The van der Waals surface area contributed by atoms with E-state index in [1.807, 2.05) is 25.1 Å². The Morgan fingerprint density at radius 2 is 1.75 bits per heavy atom. The Bertz CT molecular complexity index is 1220. The number of halogens is 3. The molecule has 3 aromatic rings. The van der Waals surface area contributed by atoms with Crippen molar-refractivity contribution in [3.05, 3.63) is 77.4 Å². The Morgan fingerprint density at radius 3 is 2.47 bits per heavy atom. The Labute approximate surface area is 184 Å². The molecule has 5 rings (SSSR count). The summed E-state index contributed by atoms with van der Waals surface area (Å²) in [6.07, 6.45) is -3.31. The molecule has 1 N–H and O–H groups in total. The van der Waals surface area contributed by atoms with Crippen LogP contribution in [0.3, 0.4) is 0 Å². The van der Waals surface area contributed by atoms with Crippen molar-refractivity contribution < 1.29 is 28.9 Å². The van der Waals surface area contributed by atoms with Gasteiger partial charge in [-0.3, -0.25) is 4.79 Å². The average Bonchev–Trinajstić information content (AvgIpc) is 3.44. The standard InChI is InChI=1S/C25H20F3NO3.H2/c1-15-3-2-4-16(9-15)17-10-19(25(26,27)28)12-20(11-17)29-23(30)24(7-8-24)18-5-6-21-22(13-18)32-14-31-21;/h2-6,9-13H,7-8,14H2,1H3,(H,29,30);1H. The molecule has 32 heavy (non-hydrogen) atoms. The fourth-order valence-corrected chi connectivity index (χ4v) is 4.07. The van der Waals surface area contributed by atoms with Crippen LogP contribution in [-0.4, -0.2) is 12.7 Å². The SMILES string of the molecule is Cc1cccc(-c2cc(NC(=O)C3(c4ccc5c(c4)OCO5)CC3)cc(C(F)(F)F)c2)c1.[HH]. The second-order valence-electron chi connectivity index (χ2n) is 8.27. The molecule has 0 bridgehead atoms. The zero-order valence-corrected chi connectivity index (χ0v) is 17.3. The highest BCUT2D eigenvalue weighted by Gasteiger charge is 2.51. The normalized spacial score (nSPS) is 16.0. The van der Waals surface area contributed by atoms with Crippen molar-refractivity contribution in [2.24, 2.45) is 0 Å². The fourth-order valence-electron chi connectivity index (χ4n) is 4.07. The minimum atomic E-state index is -4.53. The second kappa shape index (κ2) is 7.29. The van der Waals surface area contributed by atoms with Gasteiger partial charge in [-0.2, -0.15) is 13.2 Å². The van der Waals surface area contributed by atoms with E-state index in [0.29, 0.717) is 35.5 Å². The zero-order chi connectivity index (χ0) is 22.5. The van der Waals surface area contributed by atoms with Crippen LogP contribution >= 0.6 is 0 Å². The van der Waals surface area contributed by atoms with E-state index in [1.54, 1.807) is 30.3 Å². The van der Waals surface area contributed by atoms with Gasteiger partial charge < -0.3 is 14.8 Å². The predicted octanol–water partition coefficient (Wildman–Crippen LogP) is 6.33. The summed E-state index contributed by atoms with van der Waals surface area (Å²) in [5.41, 5.74) is 1.29. The lowest BCUT2D eigenvalue weighted by molar-refractivity contribution is -0.137. The van der Waals surface area contributed by atoms with E-state index in [-0.39, 0.29) is 19.8 Å². The van der Waals surface area contributed by atoms with Crippen LogP contribution in [0.15, 0.2) is 60.7 Å². The number of fused-ring (bicyclic) bond motifs is 1. The van der Waals surface area contributed by atoms with Crippen molar-refractivity contribution in [2.45, 2.75) is 31.4 Å². The number of alkyl halides is 3. The predicted molar refractivity (Wildman–Crippen MR) is 116 cm³/mol. The number of ether oxygens (including phenoxy) is 2. The van der Waals surface area contributed by atoms with Crippen molar-refractivity contribution in [2.75, 3.05) is 12.1 Å². The Balaban J connectivity index is 0.00000259. The van der Waals surface area contributed by atoms with Gasteiger partial charge in [0, 0.05) is 7.11 Å². The van der Waals surface area contributed by atoms with Gasteiger partial charge in [0.1, 0.15) is 0 Å². The summed E-state index contributed by atoms with van der Waals surface area (Å²) in [4.78, 5) is 13.2. The molecule has 1 amide bonds. The smallest absolute Gasteiger partial charge is 0.416 e. The third kappa shape index (κ3) is 3.68. The number of benzene rings is 3. The van der Waals surface area contributed by atoms with Crippen molar-refractivity contribution in [3.8, 4) is 22.6 Å². The van der Waals surface area contributed by atoms with Crippen LogP contribution < -0.4 is 14.8 Å². The number of nitrogens with one attached hydrogen (secondary N) is 1. The first-order chi connectivity index (χ1) is 15.2. The molecule has 7 heteroatoms. The van der Waals surface area contributed by atoms with Gasteiger partial charge in [-0.05, 0) is 66.8 Å². The van der Waals surface area contributed by atoms with E-state index in [9.17, 15) is 18.0 Å². The Hall–Kier alpha value is -3.48. The van der Waals surface area contributed by atoms with E-state index in [1.165, 1.54) is 0 Å². The molecule has 0 unspecified atom stereocenters. The van der Waals surface area contributed by atoms with Crippen LogP contribution in [0.1, 0.15) is 31.0 Å². The van der Waals surface area contributed by atoms with Gasteiger partial charge in [0.25, 0.3) is 0 Å². The van der Waals surface area contributed by atoms with Crippen LogP contribution in [0.4, 0.5) is 18.9 Å². The zero-order valence-electron chi connectivity index (χ0n) is 17.3. The molecule has 0 radical (unpaired) electrons. The largest absolute Gasteiger partial charge is 0.454 e. The molecule has 1 fully saturated rings. The number of carbonyl (C=O) groups is 1. The minimum absolute atomic E-state index is 0. The van der Waals surface area contributed by atoms with Crippen LogP contribution in [0.5, 0.6) is 11.5 Å². The molecule has 2 aliphatic rings. The summed E-state index contributed by atoms with van der Waals surface area (Å²) in [6, 6.07) is 16.2. The number of rotatable bonds is 4. The summed E-state index contributed by atoms with van der Waals surface area (Å²) in [7, 11) is 0. The van der Waals surface area contributed by atoms with Gasteiger partial charge in [0.2, 0.25) is 12.7 Å². The number of anilines is 1. The number of amides is 1. The van der Waals surface area contributed by atoms with Gasteiger partial charge in [-0.25, -0.2) is 0 Å². The van der Waals surface area contributed by atoms with Crippen molar-refractivity contribution >= 4 is 11.6 Å². The number of carbonyl (C=O) groups excluding carboxylic acids is 1. The second-order valence-corrected chi connectivity index (χ2v) is 8.27. The lowest BCUT2D eigenvalue weighted by Gasteiger charge is -2.18. The lowest BCUT2D eigenvalue weighted by atomic mass is 9.94. The van der Waals surface area contributed by atoms with Gasteiger partial charge in [-0.15, -0.1) is 0 Å². The van der Waals surface area contributed by atoms with Crippen LogP contribution in [-0.2, 0) is 16.4 Å². The molecule has 1 aliphatic heterocycles. The first-order valence-corrected chi connectivity index (χ1v) is 10.3. The topological polar surface area (TPSA) is 47.6 Å². The lowest BCUT2D eigenvalue weighted by Crippen LogP contribution is -2.28. The third-order valence-electron chi connectivity index (χ3n) is 5.98. The molecule has 0 atom stereocenters. The molecule has 0 aromatic heterocycles. The molecule has 1 aliphatic carbocycles. The first kappa shape index (κ1) is 20.4. The summed E-state index contributed by atoms with van der Waals surface area (Å²) in [5, 5.41) is 2.74. The summed E-state index contributed by atoms with van der Waals surface area (Å²) in [6.45, 7) is 2.01. The first-order valence-electron chi connectivity index (χ1n) is 10.3. The molecule has 0 saturated heterocycles. The number of hydrogen-bond acceptors (Lipinski definition) is 3. The van der Waals surface area contributed by atoms with E-state index in [4.69, 9.17) is 9.47 Å². The van der Waals surface area contributed by atoms with E-state index >= 15 is 0 Å². The van der Waals surface area contributed by atoms with Gasteiger partial charge in [0.15, 0.2) is 11.5 Å². The maximum Gasteiger partial charge on any atom is 0.416 e. The maximum absolute atomic E-state index is 13.6. The summed E-state index contributed by atoms with van der Waals surface area (Å²) in [5.74, 6) is 0.860. The van der Waals surface area contributed by atoms with Crippen LogP contribution in [0.2, 0.25) is 0 Å². The highest BCUT2D eigenvalue weighted by Crippen LogP contribution is 2.51. The van der Waals surface area contributed by atoms with Crippen molar-refractivity contribution in [3.63, 3.8) is 0 Å². The van der Waals surface area contributed by atoms with E-state index < -0.39 is 17.2 Å². The molecule has 3 aromatic carbocycles. The third-order valence-corrected chi connectivity index (χ3v) is 5.98. The summed E-state index contributed by atoms with van der Waals surface area (Å²) >= 11 is 0. The van der Waals surface area contributed by atoms with Crippen molar-refractivity contribution in [1.29, 1.82) is 0 Å². The molecular weight excluding hydrogens is 419 g/mol. The monoisotopic (exact) mass is 441 g/mol. The molecule has 1 heterocycles. The molecule has 166 valence electrons. The minimum Gasteiger partial charge on any atom is -0.454 e. The van der Waals surface area contributed by atoms with Gasteiger partial charge >= 0.3 is 6.18 Å². The highest BCUT2D eigenvalue weighted by atomic mass is 19.4. The van der Waals surface area contributed by atoms with Crippen molar-refractivity contribution in [1.82, 2.24) is 0 Å². The quantitative estimate of drug-likeness (QED) is 0.515. The highest BCUT2D eigenvalue weighted by molar-refractivity contribution is 6.02.